The molecule has 1 aliphatic rings. The highest BCUT2D eigenvalue weighted by molar-refractivity contribution is 5.77. The van der Waals surface area contributed by atoms with Crippen molar-refractivity contribution in [3.63, 3.8) is 0 Å². The monoisotopic (exact) mass is 354 g/mol. The van der Waals surface area contributed by atoms with Gasteiger partial charge < -0.3 is 16.0 Å². The van der Waals surface area contributed by atoms with Crippen LogP contribution in [-0.2, 0) is 0 Å². The largest absolute Gasteiger partial charge is 0.402 e. The number of nitrogens with one attached hydrogen (secondary N) is 1. The van der Waals surface area contributed by atoms with Crippen molar-refractivity contribution >= 4 is 12.0 Å². The van der Waals surface area contributed by atoms with Crippen molar-refractivity contribution in [3.8, 4) is 11.3 Å². The fourth-order valence-corrected chi connectivity index (χ4v) is 3.02. The molecule has 0 bridgehead atoms. The van der Waals surface area contributed by atoms with Crippen LogP contribution in [0.25, 0.3) is 11.3 Å². The van der Waals surface area contributed by atoms with Gasteiger partial charge in [0.15, 0.2) is 5.82 Å². The number of anilines is 1. The summed E-state index contributed by atoms with van der Waals surface area (Å²) < 4.78 is 13.2. The standard InChI is InChI=1S/C19H23FN6/c1-14(22)16(12-21)13-25-8-10-26(11-9-25)19-18(23-6-7-24-19)15-2-4-17(20)5-3-15/h2-7,12,21H,8-11,13,22H2,1H3/b16-14+,21-12?. The fourth-order valence-electron chi connectivity index (χ4n) is 3.02. The van der Waals surface area contributed by atoms with E-state index in [1.807, 2.05) is 6.92 Å². The van der Waals surface area contributed by atoms with E-state index in [1.165, 1.54) is 18.3 Å². The van der Waals surface area contributed by atoms with Gasteiger partial charge in [-0.15, -0.1) is 0 Å². The Morgan fingerprint density at radius 3 is 2.42 bits per heavy atom. The number of allylic oxidation sites excluding steroid dienone is 1. The average molecular weight is 354 g/mol. The minimum absolute atomic E-state index is 0.266. The molecule has 0 aliphatic carbocycles. The minimum atomic E-state index is -0.266. The number of benzene rings is 1. The first-order valence-electron chi connectivity index (χ1n) is 8.58. The van der Waals surface area contributed by atoms with E-state index >= 15 is 0 Å². The Kier molecular flexibility index (Phi) is 5.58. The van der Waals surface area contributed by atoms with Gasteiger partial charge in [0.25, 0.3) is 0 Å². The molecule has 0 atom stereocenters. The number of nitrogens with zero attached hydrogens (tertiary/aromatic N) is 4. The smallest absolute Gasteiger partial charge is 0.155 e. The van der Waals surface area contributed by atoms with E-state index in [4.69, 9.17) is 11.1 Å². The van der Waals surface area contributed by atoms with Crippen LogP contribution in [0.2, 0.25) is 0 Å². The number of piperazine rings is 1. The summed E-state index contributed by atoms with van der Waals surface area (Å²) in [7, 11) is 0. The molecular formula is C19H23FN6. The second-order valence-corrected chi connectivity index (χ2v) is 6.35. The van der Waals surface area contributed by atoms with Crippen molar-refractivity contribution < 1.29 is 4.39 Å². The SMILES string of the molecule is C/C(N)=C(/C=N)CN1CCN(c2nccnc2-c2ccc(F)cc2)CC1. The predicted molar refractivity (Wildman–Crippen MR) is 102 cm³/mol. The molecule has 1 fully saturated rings. The highest BCUT2D eigenvalue weighted by Gasteiger charge is 2.22. The van der Waals surface area contributed by atoms with E-state index in [9.17, 15) is 4.39 Å². The number of nitrogens with two attached hydrogens (primary N) is 1. The third-order valence-electron chi connectivity index (χ3n) is 4.54. The molecule has 1 aromatic carbocycles. The van der Waals surface area contributed by atoms with Gasteiger partial charge in [-0.3, -0.25) is 9.88 Å². The Balaban J connectivity index is 1.73. The maximum Gasteiger partial charge on any atom is 0.155 e. The Morgan fingerprint density at radius 2 is 1.81 bits per heavy atom. The van der Waals surface area contributed by atoms with Crippen molar-refractivity contribution in [1.29, 1.82) is 5.41 Å². The van der Waals surface area contributed by atoms with Crippen LogP contribution < -0.4 is 10.6 Å². The second kappa shape index (κ2) is 8.05. The van der Waals surface area contributed by atoms with Crippen LogP contribution in [0.4, 0.5) is 10.2 Å². The maximum absolute atomic E-state index is 13.2. The molecule has 2 heterocycles. The highest BCUT2D eigenvalue weighted by atomic mass is 19.1. The molecule has 6 nitrogen and oxygen atoms in total. The van der Waals surface area contributed by atoms with Gasteiger partial charge in [0.1, 0.15) is 11.5 Å². The molecule has 3 N–H and O–H groups in total. The summed E-state index contributed by atoms with van der Waals surface area (Å²) >= 11 is 0. The van der Waals surface area contributed by atoms with E-state index in [0.717, 1.165) is 48.8 Å². The van der Waals surface area contributed by atoms with Crippen molar-refractivity contribution in [3.05, 3.63) is 53.7 Å². The van der Waals surface area contributed by atoms with Gasteiger partial charge in [-0.25, -0.2) is 9.37 Å². The summed E-state index contributed by atoms with van der Waals surface area (Å²) in [6, 6.07) is 6.33. The second-order valence-electron chi connectivity index (χ2n) is 6.35. The molecule has 0 radical (unpaired) electrons. The molecule has 1 aliphatic heterocycles. The van der Waals surface area contributed by atoms with Gasteiger partial charge in [0.2, 0.25) is 0 Å². The molecule has 3 rings (SSSR count). The third kappa shape index (κ3) is 4.05. The van der Waals surface area contributed by atoms with Crippen molar-refractivity contribution in [2.75, 3.05) is 37.6 Å². The Labute approximate surface area is 152 Å². The van der Waals surface area contributed by atoms with Gasteiger partial charge in [-0.05, 0) is 31.2 Å². The fraction of sp³-hybridized carbons (Fsp3) is 0.316. The molecule has 0 unspecified atom stereocenters. The summed E-state index contributed by atoms with van der Waals surface area (Å²) in [4.78, 5) is 13.5. The number of rotatable bonds is 5. The first-order valence-corrected chi connectivity index (χ1v) is 8.58. The van der Waals surface area contributed by atoms with Crippen LogP contribution in [0.1, 0.15) is 6.92 Å². The number of hydrogen-bond acceptors (Lipinski definition) is 6. The first kappa shape index (κ1) is 18.0. The lowest BCUT2D eigenvalue weighted by molar-refractivity contribution is 0.280. The molecular weight excluding hydrogens is 331 g/mol. The van der Waals surface area contributed by atoms with Gasteiger partial charge in [0, 0.05) is 68.2 Å². The topological polar surface area (TPSA) is 82.1 Å². The van der Waals surface area contributed by atoms with E-state index < -0.39 is 0 Å². The summed E-state index contributed by atoms with van der Waals surface area (Å²) in [6.07, 6.45) is 4.67. The quantitative estimate of drug-likeness (QED) is 0.805. The summed E-state index contributed by atoms with van der Waals surface area (Å²) in [5.41, 5.74) is 8.98. The average Bonchev–Trinajstić information content (AvgIpc) is 2.67. The summed E-state index contributed by atoms with van der Waals surface area (Å²) in [5, 5.41) is 7.48. The molecule has 1 aromatic heterocycles. The maximum atomic E-state index is 13.2. The zero-order valence-corrected chi connectivity index (χ0v) is 14.8. The van der Waals surface area contributed by atoms with Crippen LogP contribution in [0.5, 0.6) is 0 Å². The van der Waals surface area contributed by atoms with Gasteiger partial charge >= 0.3 is 0 Å². The van der Waals surface area contributed by atoms with Gasteiger partial charge in [-0.2, -0.15) is 0 Å². The van der Waals surface area contributed by atoms with E-state index in [-0.39, 0.29) is 5.82 Å². The lowest BCUT2D eigenvalue weighted by Gasteiger charge is -2.36. The van der Waals surface area contributed by atoms with Crippen molar-refractivity contribution in [2.45, 2.75) is 6.92 Å². The third-order valence-corrected chi connectivity index (χ3v) is 4.54. The van der Waals surface area contributed by atoms with Crippen LogP contribution in [-0.4, -0.2) is 53.8 Å². The Morgan fingerprint density at radius 1 is 1.15 bits per heavy atom. The van der Waals surface area contributed by atoms with E-state index in [1.54, 1.807) is 24.5 Å². The molecule has 1 saturated heterocycles. The first-order chi connectivity index (χ1) is 12.6. The Bertz CT molecular complexity index is 790. The van der Waals surface area contributed by atoms with Crippen molar-refractivity contribution in [2.24, 2.45) is 5.73 Å². The number of hydrogen-bond donors (Lipinski definition) is 2. The highest BCUT2D eigenvalue weighted by Crippen LogP contribution is 2.27. The zero-order valence-electron chi connectivity index (χ0n) is 14.8. The van der Waals surface area contributed by atoms with Crippen LogP contribution >= 0.6 is 0 Å². The van der Waals surface area contributed by atoms with Crippen LogP contribution in [0.3, 0.4) is 0 Å². The lowest BCUT2D eigenvalue weighted by Crippen LogP contribution is -2.47. The van der Waals surface area contributed by atoms with Crippen LogP contribution in [0.15, 0.2) is 47.9 Å². The van der Waals surface area contributed by atoms with E-state index in [0.29, 0.717) is 12.2 Å². The van der Waals surface area contributed by atoms with Gasteiger partial charge in [0.05, 0.1) is 0 Å². The minimum Gasteiger partial charge on any atom is -0.402 e. The molecule has 136 valence electrons. The number of aromatic nitrogens is 2. The lowest BCUT2D eigenvalue weighted by atomic mass is 10.1. The summed E-state index contributed by atoms with van der Waals surface area (Å²) in [5.74, 6) is 0.551. The van der Waals surface area contributed by atoms with Crippen LogP contribution in [0, 0.1) is 11.2 Å². The molecule has 26 heavy (non-hydrogen) atoms. The predicted octanol–water partition coefficient (Wildman–Crippen LogP) is 2.29. The molecule has 0 amide bonds. The normalized spacial score (nSPS) is 16.3. The number of halogens is 1. The molecule has 2 aromatic rings. The Hall–Kier alpha value is -2.80. The van der Waals surface area contributed by atoms with E-state index in [2.05, 4.69) is 19.8 Å². The summed E-state index contributed by atoms with van der Waals surface area (Å²) in [6.45, 7) is 5.83. The van der Waals surface area contributed by atoms with Crippen molar-refractivity contribution in [1.82, 2.24) is 14.9 Å². The molecule has 0 spiro atoms. The molecule has 7 heteroatoms. The molecule has 0 saturated carbocycles. The zero-order chi connectivity index (χ0) is 18.5. The van der Waals surface area contributed by atoms with Gasteiger partial charge in [-0.1, -0.05) is 0 Å².